The first kappa shape index (κ1) is 21.4. The Balaban J connectivity index is 2.06. The van der Waals surface area contributed by atoms with Gasteiger partial charge in [-0.1, -0.05) is 30.3 Å². The predicted molar refractivity (Wildman–Crippen MR) is 97.5 cm³/mol. The van der Waals surface area contributed by atoms with Crippen molar-refractivity contribution in [2.24, 2.45) is 0 Å². The molecule has 0 atom stereocenters. The number of rotatable bonds is 9. The Morgan fingerprint density at radius 1 is 1.00 bits per heavy atom. The number of carbonyl (C=O) groups excluding carboxylic acids is 2. The van der Waals surface area contributed by atoms with Crippen LogP contribution in [0.4, 0.5) is 18.9 Å². The third-order valence-electron chi connectivity index (χ3n) is 3.80. The smallest absolute Gasteiger partial charge is 0.416 e. The van der Waals surface area contributed by atoms with E-state index in [1.54, 1.807) is 30.3 Å². The molecule has 0 aliphatic rings. The molecule has 28 heavy (non-hydrogen) atoms. The van der Waals surface area contributed by atoms with Crippen LogP contribution in [0.15, 0.2) is 48.5 Å². The predicted octanol–water partition coefficient (Wildman–Crippen LogP) is 4.33. The number of nitrogens with one attached hydrogen (secondary N) is 1. The Labute approximate surface area is 160 Å². The molecule has 2 rings (SSSR count). The average molecular weight is 395 g/mol. The second-order valence-corrected chi connectivity index (χ2v) is 5.89. The molecular weight excluding hydrogens is 375 g/mol. The van der Waals surface area contributed by atoms with Gasteiger partial charge in [-0.05, 0) is 18.2 Å². The number of amides is 1. The minimum Gasteiger partial charge on any atom is -0.489 e. The van der Waals surface area contributed by atoms with Crippen LogP contribution in [0.1, 0.15) is 28.8 Å². The summed E-state index contributed by atoms with van der Waals surface area (Å²) in [6.07, 6.45) is -4.79. The summed E-state index contributed by atoms with van der Waals surface area (Å²) in [5, 5.41) is 2.40. The Morgan fingerprint density at radius 2 is 1.71 bits per heavy atom. The minimum absolute atomic E-state index is 0.0608. The van der Waals surface area contributed by atoms with Crippen LogP contribution < -0.4 is 10.1 Å². The number of ether oxygens (including phenoxy) is 2. The van der Waals surface area contributed by atoms with Crippen molar-refractivity contribution in [3.05, 3.63) is 59.7 Å². The van der Waals surface area contributed by atoms with Crippen LogP contribution in [0.3, 0.4) is 0 Å². The fourth-order valence-corrected chi connectivity index (χ4v) is 2.37. The zero-order valence-electron chi connectivity index (χ0n) is 15.2. The second-order valence-electron chi connectivity index (χ2n) is 5.89. The second kappa shape index (κ2) is 9.89. The van der Waals surface area contributed by atoms with Crippen molar-refractivity contribution in [1.29, 1.82) is 0 Å². The highest BCUT2D eigenvalue weighted by molar-refractivity contribution is 6.00. The Kier molecular flexibility index (Phi) is 7.57. The lowest BCUT2D eigenvalue weighted by atomic mass is 10.1. The van der Waals surface area contributed by atoms with Crippen molar-refractivity contribution in [3.8, 4) is 5.75 Å². The summed E-state index contributed by atoms with van der Waals surface area (Å²) in [7, 11) is 1.46. The summed E-state index contributed by atoms with van der Waals surface area (Å²) >= 11 is 0. The molecule has 0 aromatic heterocycles. The van der Waals surface area contributed by atoms with Gasteiger partial charge in [0.05, 0.1) is 17.9 Å². The summed E-state index contributed by atoms with van der Waals surface area (Å²) < 4.78 is 49.1. The molecule has 0 fully saturated rings. The normalized spacial score (nSPS) is 11.1. The summed E-state index contributed by atoms with van der Waals surface area (Å²) in [5.74, 6) is -0.718. The van der Waals surface area contributed by atoms with Gasteiger partial charge in [0.15, 0.2) is 5.78 Å². The van der Waals surface area contributed by atoms with Gasteiger partial charge in [-0.3, -0.25) is 9.59 Å². The third kappa shape index (κ3) is 6.38. The molecule has 150 valence electrons. The lowest BCUT2D eigenvalue weighted by molar-refractivity contribution is -0.137. The van der Waals surface area contributed by atoms with E-state index in [0.29, 0.717) is 5.56 Å². The number of ketones is 1. The minimum atomic E-state index is -4.56. The van der Waals surface area contributed by atoms with E-state index in [4.69, 9.17) is 9.47 Å². The number of anilines is 1. The van der Waals surface area contributed by atoms with Crippen LogP contribution in [0, 0.1) is 0 Å². The molecular formula is C20H20F3NO4. The van der Waals surface area contributed by atoms with Gasteiger partial charge in [-0.2, -0.15) is 13.2 Å². The fraction of sp³-hybridized carbons (Fsp3) is 0.300. The molecule has 0 spiro atoms. The van der Waals surface area contributed by atoms with Crippen LogP contribution in [0.2, 0.25) is 0 Å². The van der Waals surface area contributed by atoms with E-state index in [1.807, 2.05) is 0 Å². The Morgan fingerprint density at radius 3 is 2.36 bits per heavy atom. The van der Waals surface area contributed by atoms with E-state index in [9.17, 15) is 22.8 Å². The molecule has 0 radical (unpaired) electrons. The van der Waals surface area contributed by atoms with Crippen molar-refractivity contribution in [2.45, 2.75) is 19.0 Å². The van der Waals surface area contributed by atoms with Crippen LogP contribution in [-0.2, 0) is 15.7 Å². The average Bonchev–Trinajstić information content (AvgIpc) is 2.67. The highest BCUT2D eigenvalue weighted by atomic mass is 19.4. The summed E-state index contributed by atoms with van der Waals surface area (Å²) in [5.41, 5.74) is -0.553. The quantitative estimate of drug-likeness (QED) is 0.507. The first-order valence-electron chi connectivity index (χ1n) is 8.52. The third-order valence-corrected chi connectivity index (χ3v) is 3.80. The lowest BCUT2D eigenvalue weighted by Gasteiger charge is -2.15. The van der Waals surface area contributed by atoms with E-state index in [-0.39, 0.29) is 43.3 Å². The van der Waals surface area contributed by atoms with Gasteiger partial charge in [0.1, 0.15) is 12.4 Å². The van der Waals surface area contributed by atoms with E-state index in [1.165, 1.54) is 7.11 Å². The molecule has 0 unspecified atom stereocenters. The Hall–Kier alpha value is -2.87. The molecule has 2 aromatic rings. The molecule has 0 saturated heterocycles. The van der Waals surface area contributed by atoms with Gasteiger partial charge in [0.25, 0.3) is 0 Å². The van der Waals surface area contributed by atoms with E-state index in [0.717, 1.165) is 18.2 Å². The number of hydrogen-bond donors (Lipinski definition) is 1. The number of hydrogen-bond acceptors (Lipinski definition) is 4. The van der Waals surface area contributed by atoms with Crippen molar-refractivity contribution < 1.29 is 32.2 Å². The Bertz CT molecular complexity index is 807. The summed E-state index contributed by atoms with van der Waals surface area (Å²) in [4.78, 5) is 24.2. The maximum atomic E-state index is 13.0. The molecule has 2 aromatic carbocycles. The maximum Gasteiger partial charge on any atom is 0.416 e. The first-order valence-corrected chi connectivity index (χ1v) is 8.52. The number of methoxy groups -OCH3 is 1. The monoisotopic (exact) mass is 395 g/mol. The molecule has 1 N–H and O–H groups in total. The molecule has 0 aliphatic carbocycles. The molecule has 1 amide bonds. The number of carbonyl (C=O) groups is 2. The highest BCUT2D eigenvalue weighted by Gasteiger charge is 2.31. The van der Waals surface area contributed by atoms with Crippen molar-refractivity contribution in [1.82, 2.24) is 0 Å². The molecule has 0 bridgehead atoms. The van der Waals surface area contributed by atoms with Crippen molar-refractivity contribution in [2.75, 3.05) is 25.6 Å². The van der Waals surface area contributed by atoms with Crippen molar-refractivity contribution >= 4 is 17.4 Å². The number of Topliss-reactive ketones (excluding diaryl/α,β-unsaturated/α-hetero) is 1. The molecule has 0 saturated carbocycles. The number of benzene rings is 2. The van der Waals surface area contributed by atoms with Gasteiger partial charge in [-0.25, -0.2) is 0 Å². The fourth-order valence-electron chi connectivity index (χ4n) is 2.37. The maximum absolute atomic E-state index is 13.0. The SMILES string of the molecule is COCCOc1ccc(C(F)(F)F)cc1NC(=O)CCC(=O)c1ccccc1. The van der Waals surface area contributed by atoms with Gasteiger partial charge >= 0.3 is 6.18 Å². The number of halogens is 3. The molecule has 0 heterocycles. The summed E-state index contributed by atoms with van der Waals surface area (Å²) in [6.45, 7) is 0.344. The molecule has 5 nitrogen and oxygen atoms in total. The van der Waals surface area contributed by atoms with Gasteiger partial charge < -0.3 is 14.8 Å². The van der Waals surface area contributed by atoms with E-state index < -0.39 is 17.6 Å². The topological polar surface area (TPSA) is 64.6 Å². The van der Waals surface area contributed by atoms with Crippen LogP contribution in [-0.4, -0.2) is 32.0 Å². The zero-order chi connectivity index (χ0) is 20.6. The van der Waals surface area contributed by atoms with Crippen LogP contribution in [0.25, 0.3) is 0 Å². The van der Waals surface area contributed by atoms with Gasteiger partial charge in [-0.15, -0.1) is 0 Å². The summed E-state index contributed by atoms with van der Waals surface area (Å²) in [6, 6.07) is 11.3. The van der Waals surface area contributed by atoms with Crippen LogP contribution in [0.5, 0.6) is 5.75 Å². The number of alkyl halides is 3. The van der Waals surface area contributed by atoms with Crippen LogP contribution >= 0.6 is 0 Å². The van der Waals surface area contributed by atoms with Gasteiger partial charge in [0.2, 0.25) is 5.91 Å². The molecule has 0 aliphatic heterocycles. The standard InChI is InChI=1S/C20H20F3NO4/c1-27-11-12-28-18-9-7-15(20(21,22)23)13-16(18)24-19(26)10-8-17(25)14-5-3-2-4-6-14/h2-7,9,13H,8,10-12H2,1H3,(H,24,26). The van der Waals surface area contributed by atoms with Crippen molar-refractivity contribution in [3.63, 3.8) is 0 Å². The molecule has 8 heteroatoms. The lowest BCUT2D eigenvalue weighted by Crippen LogP contribution is -2.16. The van der Waals surface area contributed by atoms with E-state index >= 15 is 0 Å². The zero-order valence-corrected chi connectivity index (χ0v) is 15.2. The largest absolute Gasteiger partial charge is 0.489 e. The first-order chi connectivity index (χ1) is 13.3. The van der Waals surface area contributed by atoms with E-state index in [2.05, 4.69) is 5.32 Å². The van der Waals surface area contributed by atoms with Gasteiger partial charge in [0, 0.05) is 25.5 Å². The highest BCUT2D eigenvalue weighted by Crippen LogP contribution is 2.35.